The van der Waals surface area contributed by atoms with E-state index < -0.39 is 0 Å². The minimum Gasteiger partial charge on any atom is -0.457 e. The molecule has 0 saturated heterocycles. The summed E-state index contributed by atoms with van der Waals surface area (Å²) in [5.41, 5.74) is 2.96. The molecule has 0 saturated carbocycles. The van der Waals surface area contributed by atoms with Crippen LogP contribution in [0.25, 0.3) is 11.0 Å². The number of nitrogens with one attached hydrogen (secondary N) is 3. The lowest BCUT2D eigenvalue weighted by Crippen LogP contribution is -2.18. The molecule has 4 rings (SSSR count). The van der Waals surface area contributed by atoms with Gasteiger partial charge in [0.1, 0.15) is 17.2 Å². The average Bonchev–Trinajstić information content (AvgIpc) is 3.14. The number of anilines is 1. The van der Waals surface area contributed by atoms with Crippen molar-refractivity contribution in [3.8, 4) is 11.5 Å². The Bertz CT molecular complexity index is 1260. The van der Waals surface area contributed by atoms with Gasteiger partial charge in [0.05, 0.1) is 11.0 Å². The number of pyridine rings is 1. The Hall–Kier alpha value is -3.91. The summed E-state index contributed by atoms with van der Waals surface area (Å²) in [6.07, 6.45) is 1.48. The first kappa shape index (κ1) is 20.4. The smallest absolute Gasteiger partial charge is 0.269 e. The van der Waals surface area contributed by atoms with Gasteiger partial charge < -0.3 is 15.0 Å². The fourth-order valence-corrected chi connectivity index (χ4v) is 3.10. The van der Waals surface area contributed by atoms with Gasteiger partial charge >= 0.3 is 0 Å². The third-order valence-electron chi connectivity index (χ3n) is 4.52. The number of hydrogen-bond donors (Lipinski definition) is 3. The zero-order chi connectivity index (χ0) is 22.0. The number of aromatic amines is 1. The molecule has 8 nitrogen and oxygen atoms in total. The molecule has 156 valence electrons. The first-order valence-corrected chi connectivity index (χ1v) is 9.74. The van der Waals surface area contributed by atoms with Crippen LogP contribution in [0.2, 0.25) is 5.02 Å². The number of H-pyrrole nitrogens is 1. The van der Waals surface area contributed by atoms with Crippen LogP contribution in [-0.4, -0.2) is 33.8 Å². The van der Waals surface area contributed by atoms with E-state index in [1.807, 2.05) is 13.0 Å². The maximum atomic E-state index is 12.7. The Morgan fingerprint density at radius 3 is 2.68 bits per heavy atom. The van der Waals surface area contributed by atoms with Gasteiger partial charge in [0, 0.05) is 29.9 Å². The van der Waals surface area contributed by atoms with E-state index in [2.05, 4.69) is 25.6 Å². The summed E-state index contributed by atoms with van der Waals surface area (Å²) in [6.45, 7) is 1.90. The molecule has 9 heteroatoms. The number of fused-ring (bicyclic) bond motifs is 1. The van der Waals surface area contributed by atoms with Crippen LogP contribution in [0, 0.1) is 6.92 Å². The third kappa shape index (κ3) is 4.49. The van der Waals surface area contributed by atoms with E-state index in [0.29, 0.717) is 33.6 Å². The number of benzene rings is 2. The molecular formula is C22H18ClN5O3. The zero-order valence-electron chi connectivity index (χ0n) is 16.7. The molecule has 0 bridgehead atoms. The fourth-order valence-electron chi connectivity index (χ4n) is 2.94. The molecule has 2 aromatic carbocycles. The molecule has 0 aliphatic heterocycles. The van der Waals surface area contributed by atoms with Gasteiger partial charge in [-0.3, -0.25) is 19.9 Å². The molecule has 0 aliphatic rings. The molecule has 3 N–H and O–H groups in total. The highest BCUT2D eigenvalue weighted by Gasteiger charge is 2.12. The molecule has 2 heterocycles. The van der Waals surface area contributed by atoms with Gasteiger partial charge in [-0.25, -0.2) is 4.98 Å². The first-order chi connectivity index (χ1) is 14.9. The molecule has 0 unspecified atom stereocenters. The second-order valence-electron chi connectivity index (χ2n) is 6.74. The largest absolute Gasteiger partial charge is 0.457 e. The van der Waals surface area contributed by atoms with Crippen molar-refractivity contribution < 1.29 is 14.3 Å². The van der Waals surface area contributed by atoms with Crippen molar-refractivity contribution in [3.05, 3.63) is 76.6 Å². The number of aryl methyl sites for hydroxylation is 1. The predicted molar refractivity (Wildman–Crippen MR) is 118 cm³/mol. The quantitative estimate of drug-likeness (QED) is 0.432. The van der Waals surface area contributed by atoms with E-state index in [1.54, 1.807) is 36.4 Å². The van der Waals surface area contributed by atoms with E-state index in [1.165, 1.54) is 19.3 Å². The number of amides is 2. The Balaban J connectivity index is 1.51. The van der Waals surface area contributed by atoms with Gasteiger partial charge in [-0.15, -0.1) is 0 Å². The van der Waals surface area contributed by atoms with Crippen LogP contribution in [0.3, 0.4) is 0 Å². The van der Waals surface area contributed by atoms with E-state index >= 15 is 0 Å². The molecule has 4 aromatic rings. The van der Waals surface area contributed by atoms with E-state index in [-0.39, 0.29) is 17.5 Å². The number of ether oxygens (including phenoxy) is 1. The fraction of sp³-hybridized carbons (Fsp3) is 0.0909. The number of carbonyl (C=O) groups excluding carboxylic acids is 2. The van der Waals surface area contributed by atoms with Crippen molar-refractivity contribution in [2.75, 3.05) is 12.4 Å². The SMILES string of the molecule is CNC(=O)c1cc(Oc2cccc(C(=O)Nc3nc4cc(Cl)c(C)cc4[nH]3)c2)ccn1. The molecule has 2 amide bonds. The maximum absolute atomic E-state index is 12.7. The molecule has 0 radical (unpaired) electrons. The molecule has 0 spiro atoms. The summed E-state index contributed by atoms with van der Waals surface area (Å²) in [4.78, 5) is 35.9. The monoisotopic (exact) mass is 435 g/mol. The highest BCUT2D eigenvalue weighted by atomic mass is 35.5. The molecule has 0 atom stereocenters. The van der Waals surface area contributed by atoms with E-state index in [4.69, 9.17) is 16.3 Å². The van der Waals surface area contributed by atoms with Gasteiger partial charge in [0.2, 0.25) is 5.95 Å². The summed E-state index contributed by atoms with van der Waals surface area (Å²) in [6, 6.07) is 13.4. The molecule has 0 aliphatic carbocycles. The number of nitrogens with zero attached hydrogens (tertiary/aromatic N) is 2. The molecule has 0 fully saturated rings. The minimum absolute atomic E-state index is 0.231. The summed E-state index contributed by atoms with van der Waals surface area (Å²) < 4.78 is 5.79. The zero-order valence-corrected chi connectivity index (χ0v) is 17.4. The Kier molecular flexibility index (Phi) is 5.55. The number of halogens is 1. The van der Waals surface area contributed by atoms with Crippen molar-refractivity contribution in [2.24, 2.45) is 0 Å². The second-order valence-corrected chi connectivity index (χ2v) is 7.15. The van der Waals surface area contributed by atoms with Crippen molar-refractivity contribution in [2.45, 2.75) is 6.92 Å². The molecule has 2 aromatic heterocycles. The number of hydrogen-bond acceptors (Lipinski definition) is 5. The molecule has 31 heavy (non-hydrogen) atoms. The maximum Gasteiger partial charge on any atom is 0.269 e. The highest BCUT2D eigenvalue weighted by molar-refractivity contribution is 6.32. The van der Waals surface area contributed by atoms with Crippen LogP contribution >= 0.6 is 11.6 Å². The number of imidazole rings is 1. The lowest BCUT2D eigenvalue weighted by atomic mass is 10.2. The minimum atomic E-state index is -0.354. The summed E-state index contributed by atoms with van der Waals surface area (Å²) >= 11 is 6.14. The summed E-state index contributed by atoms with van der Waals surface area (Å²) in [7, 11) is 1.53. The Morgan fingerprint density at radius 1 is 1.06 bits per heavy atom. The lowest BCUT2D eigenvalue weighted by Gasteiger charge is -2.08. The standard InChI is InChI=1S/C22H18ClN5O3/c1-12-8-17-18(11-16(12)23)27-22(26-17)28-20(29)13-4-3-5-14(9-13)31-15-6-7-25-19(10-15)21(30)24-2/h3-11H,1-2H3,(H,24,30)(H2,26,27,28,29). The highest BCUT2D eigenvalue weighted by Crippen LogP contribution is 2.25. The molecular weight excluding hydrogens is 418 g/mol. The van der Waals surface area contributed by atoms with Gasteiger partial charge in [0.15, 0.2) is 0 Å². The Labute approximate surface area is 182 Å². The predicted octanol–water partition coefficient (Wildman–Crippen LogP) is 4.32. The first-order valence-electron chi connectivity index (χ1n) is 9.36. The summed E-state index contributed by atoms with van der Waals surface area (Å²) in [5.74, 6) is 0.510. The van der Waals surface area contributed by atoms with Crippen molar-refractivity contribution in [3.63, 3.8) is 0 Å². The Morgan fingerprint density at radius 2 is 1.87 bits per heavy atom. The van der Waals surface area contributed by atoms with Gasteiger partial charge in [-0.1, -0.05) is 17.7 Å². The second kappa shape index (κ2) is 8.45. The van der Waals surface area contributed by atoms with Gasteiger partial charge in [-0.05, 0) is 48.9 Å². The van der Waals surface area contributed by atoms with Crippen LogP contribution in [-0.2, 0) is 0 Å². The normalized spacial score (nSPS) is 10.7. The lowest BCUT2D eigenvalue weighted by molar-refractivity contribution is 0.0957. The average molecular weight is 436 g/mol. The summed E-state index contributed by atoms with van der Waals surface area (Å²) in [5, 5.41) is 5.86. The van der Waals surface area contributed by atoms with Crippen LogP contribution in [0.4, 0.5) is 5.95 Å². The van der Waals surface area contributed by atoms with E-state index in [0.717, 1.165) is 11.1 Å². The third-order valence-corrected chi connectivity index (χ3v) is 4.92. The van der Waals surface area contributed by atoms with Crippen molar-refractivity contribution >= 4 is 40.4 Å². The van der Waals surface area contributed by atoms with Crippen LogP contribution in [0.5, 0.6) is 11.5 Å². The topological polar surface area (TPSA) is 109 Å². The van der Waals surface area contributed by atoms with Gasteiger partial charge in [-0.2, -0.15) is 0 Å². The number of rotatable bonds is 5. The van der Waals surface area contributed by atoms with Crippen LogP contribution < -0.4 is 15.4 Å². The van der Waals surface area contributed by atoms with E-state index in [9.17, 15) is 9.59 Å². The number of aromatic nitrogens is 3. The van der Waals surface area contributed by atoms with Crippen LogP contribution in [0.15, 0.2) is 54.7 Å². The van der Waals surface area contributed by atoms with Crippen LogP contribution in [0.1, 0.15) is 26.4 Å². The van der Waals surface area contributed by atoms with Crippen molar-refractivity contribution in [1.29, 1.82) is 0 Å². The van der Waals surface area contributed by atoms with Gasteiger partial charge in [0.25, 0.3) is 11.8 Å². The van der Waals surface area contributed by atoms with Crippen molar-refractivity contribution in [1.82, 2.24) is 20.3 Å². The number of carbonyl (C=O) groups is 2.